The molecule has 2 aromatic rings. The Labute approximate surface area is 116 Å². The van der Waals surface area contributed by atoms with Gasteiger partial charge in [-0.05, 0) is 19.2 Å². The number of nitrogens with zero attached hydrogens (tertiary/aromatic N) is 2. The molecule has 0 bridgehead atoms. The van der Waals surface area contributed by atoms with Crippen molar-refractivity contribution >= 4 is 11.3 Å². The van der Waals surface area contributed by atoms with Gasteiger partial charge in [0.25, 0.3) is 0 Å². The lowest BCUT2D eigenvalue weighted by atomic mass is 10.2. The van der Waals surface area contributed by atoms with Crippen LogP contribution >= 0.6 is 11.3 Å². The first kappa shape index (κ1) is 12.4. The Kier molecular flexibility index (Phi) is 3.66. The van der Waals surface area contributed by atoms with Gasteiger partial charge in [-0.15, -0.1) is 11.3 Å². The third kappa shape index (κ3) is 3.05. The van der Waals surface area contributed by atoms with Crippen molar-refractivity contribution in [2.24, 2.45) is 0 Å². The minimum atomic E-state index is 0.0693. The van der Waals surface area contributed by atoms with Gasteiger partial charge in [0.15, 0.2) is 11.5 Å². The highest BCUT2D eigenvalue weighted by atomic mass is 32.1. The molecule has 0 saturated heterocycles. The van der Waals surface area contributed by atoms with Gasteiger partial charge in [-0.2, -0.15) is 0 Å². The highest BCUT2D eigenvalue weighted by Gasteiger charge is 2.22. The van der Waals surface area contributed by atoms with Gasteiger partial charge in [0, 0.05) is 18.1 Å². The molecule has 0 fully saturated rings. The molecular weight excluding hydrogens is 260 g/mol. The predicted octanol–water partition coefficient (Wildman–Crippen LogP) is 2.41. The lowest BCUT2D eigenvalue weighted by molar-refractivity contribution is 0.0638. The minimum absolute atomic E-state index is 0.0693. The zero-order valence-electron chi connectivity index (χ0n) is 10.8. The summed E-state index contributed by atoms with van der Waals surface area (Å²) in [5.41, 5.74) is 0. The molecule has 0 aliphatic carbocycles. The maximum Gasteiger partial charge on any atom is 0.161 e. The first-order valence-corrected chi connectivity index (χ1v) is 7.14. The van der Waals surface area contributed by atoms with E-state index in [9.17, 15) is 0 Å². The summed E-state index contributed by atoms with van der Waals surface area (Å²) < 4.78 is 11.6. The Morgan fingerprint density at radius 2 is 2.21 bits per heavy atom. The van der Waals surface area contributed by atoms with Crippen LogP contribution in [0.2, 0.25) is 0 Å². The topological polar surface area (TPSA) is 34.6 Å². The molecule has 1 aromatic heterocycles. The van der Waals surface area contributed by atoms with Gasteiger partial charge < -0.3 is 9.47 Å². The van der Waals surface area contributed by atoms with Crippen molar-refractivity contribution in [2.75, 3.05) is 20.2 Å². The molecule has 4 nitrogen and oxygen atoms in total. The molecule has 0 amide bonds. The maximum absolute atomic E-state index is 5.94. The Bertz CT molecular complexity index is 530. The molecule has 0 radical (unpaired) electrons. The van der Waals surface area contributed by atoms with Crippen molar-refractivity contribution in [2.45, 2.75) is 12.6 Å². The predicted molar refractivity (Wildman–Crippen MR) is 74.8 cm³/mol. The van der Waals surface area contributed by atoms with E-state index in [1.807, 2.05) is 35.8 Å². The summed E-state index contributed by atoms with van der Waals surface area (Å²) in [5.74, 6) is 1.67. The molecular formula is C14H16N2O2S. The van der Waals surface area contributed by atoms with E-state index < -0.39 is 0 Å². The molecule has 19 heavy (non-hydrogen) atoms. The van der Waals surface area contributed by atoms with E-state index in [2.05, 4.69) is 16.9 Å². The largest absolute Gasteiger partial charge is 0.486 e. The van der Waals surface area contributed by atoms with Gasteiger partial charge in [0.2, 0.25) is 0 Å². The Balaban J connectivity index is 1.57. The lowest BCUT2D eigenvalue weighted by Crippen LogP contribution is -2.39. The number of aromatic nitrogens is 1. The molecule has 1 aliphatic rings. The van der Waals surface area contributed by atoms with E-state index in [4.69, 9.17) is 9.47 Å². The van der Waals surface area contributed by atoms with Crippen LogP contribution in [0.4, 0.5) is 0 Å². The second-order valence-electron chi connectivity index (χ2n) is 4.62. The quantitative estimate of drug-likeness (QED) is 0.859. The fourth-order valence-electron chi connectivity index (χ4n) is 2.13. The number of benzene rings is 1. The van der Waals surface area contributed by atoms with Crippen molar-refractivity contribution < 1.29 is 9.47 Å². The summed E-state index contributed by atoms with van der Waals surface area (Å²) in [6.07, 6.45) is 1.91. The maximum atomic E-state index is 5.94. The molecule has 1 atom stereocenters. The first-order valence-electron chi connectivity index (χ1n) is 6.26. The van der Waals surface area contributed by atoms with Crippen LogP contribution in [0.25, 0.3) is 0 Å². The molecule has 2 heterocycles. The number of fused-ring (bicyclic) bond motifs is 1. The number of rotatable bonds is 4. The van der Waals surface area contributed by atoms with Crippen molar-refractivity contribution in [1.29, 1.82) is 0 Å². The molecule has 0 spiro atoms. The van der Waals surface area contributed by atoms with Crippen molar-refractivity contribution in [3.8, 4) is 11.5 Å². The van der Waals surface area contributed by atoms with Crippen LogP contribution in [-0.2, 0) is 6.54 Å². The molecule has 0 N–H and O–H groups in total. The molecule has 1 unspecified atom stereocenters. The van der Waals surface area contributed by atoms with Crippen LogP contribution in [0.15, 0.2) is 35.8 Å². The van der Waals surface area contributed by atoms with E-state index in [0.717, 1.165) is 29.6 Å². The summed E-state index contributed by atoms with van der Waals surface area (Å²) in [6, 6.07) is 7.80. The highest BCUT2D eigenvalue weighted by molar-refractivity contribution is 7.09. The van der Waals surface area contributed by atoms with Crippen molar-refractivity contribution in [3.63, 3.8) is 0 Å². The monoisotopic (exact) mass is 276 g/mol. The van der Waals surface area contributed by atoms with E-state index in [0.29, 0.717) is 6.61 Å². The number of ether oxygens (including phenoxy) is 2. The standard InChI is InChI=1S/C14H16N2O2S/c1-16(9-14-15-6-7-19-14)8-11-10-17-12-4-2-3-5-13(12)18-11/h2-7,11H,8-10H2,1H3. The van der Waals surface area contributed by atoms with Gasteiger partial charge in [0.05, 0.1) is 6.54 Å². The third-order valence-electron chi connectivity index (χ3n) is 2.97. The summed E-state index contributed by atoms with van der Waals surface area (Å²) >= 11 is 1.68. The zero-order valence-corrected chi connectivity index (χ0v) is 11.6. The first-order chi connectivity index (χ1) is 9.31. The van der Waals surface area contributed by atoms with Gasteiger partial charge in [-0.3, -0.25) is 4.90 Å². The van der Waals surface area contributed by atoms with Gasteiger partial charge in [-0.1, -0.05) is 12.1 Å². The van der Waals surface area contributed by atoms with Gasteiger partial charge >= 0.3 is 0 Å². The van der Waals surface area contributed by atoms with Crippen LogP contribution in [0, 0.1) is 0 Å². The summed E-state index contributed by atoms with van der Waals surface area (Å²) in [6.45, 7) is 2.27. The lowest BCUT2D eigenvalue weighted by Gasteiger charge is -2.29. The van der Waals surface area contributed by atoms with Crippen molar-refractivity contribution in [3.05, 3.63) is 40.8 Å². The van der Waals surface area contributed by atoms with Gasteiger partial charge in [-0.25, -0.2) is 4.98 Å². The van der Waals surface area contributed by atoms with E-state index in [-0.39, 0.29) is 6.10 Å². The van der Waals surface area contributed by atoms with Gasteiger partial charge in [0.1, 0.15) is 17.7 Å². The Morgan fingerprint density at radius 1 is 1.37 bits per heavy atom. The summed E-state index contributed by atoms with van der Waals surface area (Å²) in [4.78, 5) is 6.50. The minimum Gasteiger partial charge on any atom is -0.486 e. The van der Waals surface area contributed by atoms with Crippen LogP contribution in [0.1, 0.15) is 5.01 Å². The van der Waals surface area contributed by atoms with E-state index >= 15 is 0 Å². The average molecular weight is 276 g/mol. The van der Waals surface area contributed by atoms with Crippen LogP contribution in [-0.4, -0.2) is 36.2 Å². The number of hydrogen-bond acceptors (Lipinski definition) is 5. The summed E-state index contributed by atoms with van der Waals surface area (Å²) in [5, 5.41) is 3.12. The Morgan fingerprint density at radius 3 is 3.00 bits per heavy atom. The number of likely N-dealkylation sites (N-methyl/N-ethyl adjacent to an activating group) is 1. The molecule has 3 rings (SSSR count). The molecule has 0 saturated carbocycles. The van der Waals surface area contributed by atoms with Crippen LogP contribution in [0.3, 0.4) is 0 Å². The number of thiazole rings is 1. The van der Waals surface area contributed by atoms with E-state index in [1.54, 1.807) is 11.3 Å². The number of hydrogen-bond donors (Lipinski definition) is 0. The average Bonchev–Trinajstić information content (AvgIpc) is 2.91. The smallest absolute Gasteiger partial charge is 0.161 e. The van der Waals surface area contributed by atoms with E-state index in [1.165, 1.54) is 0 Å². The van der Waals surface area contributed by atoms with Crippen LogP contribution < -0.4 is 9.47 Å². The number of para-hydroxylation sites is 2. The fraction of sp³-hybridized carbons (Fsp3) is 0.357. The van der Waals surface area contributed by atoms with Crippen molar-refractivity contribution in [1.82, 2.24) is 9.88 Å². The summed E-state index contributed by atoms with van der Waals surface area (Å²) in [7, 11) is 2.07. The molecule has 5 heteroatoms. The third-order valence-corrected chi connectivity index (χ3v) is 3.74. The second-order valence-corrected chi connectivity index (χ2v) is 5.60. The normalized spacial score (nSPS) is 17.7. The van der Waals surface area contributed by atoms with Crippen LogP contribution in [0.5, 0.6) is 11.5 Å². The molecule has 1 aliphatic heterocycles. The Hall–Kier alpha value is -1.59. The fourth-order valence-corrected chi connectivity index (χ4v) is 2.82. The second kappa shape index (κ2) is 5.59. The molecule has 1 aromatic carbocycles. The highest BCUT2D eigenvalue weighted by Crippen LogP contribution is 2.30. The zero-order chi connectivity index (χ0) is 13.1. The molecule has 100 valence electrons. The SMILES string of the molecule is CN(Cc1nccs1)CC1COc2ccccc2O1.